The van der Waals surface area contributed by atoms with Crippen LogP contribution in [0.15, 0.2) is 52.3 Å². The van der Waals surface area contributed by atoms with Crippen molar-refractivity contribution >= 4 is 23.4 Å². The fraction of sp³-hybridized carbons (Fsp3) is 0.333. The molecule has 120 valence electrons. The Morgan fingerprint density at radius 2 is 1.83 bits per heavy atom. The number of hydrogen-bond acceptors (Lipinski definition) is 4. The number of halogens is 1. The van der Waals surface area contributed by atoms with E-state index >= 15 is 0 Å². The molecule has 0 aromatic heterocycles. The van der Waals surface area contributed by atoms with E-state index in [4.69, 9.17) is 16.3 Å². The van der Waals surface area contributed by atoms with E-state index in [1.54, 1.807) is 11.8 Å². The zero-order chi connectivity index (χ0) is 15.8. The van der Waals surface area contributed by atoms with Gasteiger partial charge < -0.3 is 9.64 Å². The first-order valence-corrected chi connectivity index (χ1v) is 9.06. The van der Waals surface area contributed by atoms with Crippen molar-refractivity contribution in [3.63, 3.8) is 0 Å². The van der Waals surface area contributed by atoms with Crippen LogP contribution in [0.4, 0.5) is 0 Å². The molecular formula is C18H19ClN2OS. The van der Waals surface area contributed by atoms with E-state index in [2.05, 4.69) is 41.1 Å². The lowest BCUT2D eigenvalue weighted by atomic mass is 10.1. The van der Waals surface area contributed by atoms with Gasteiger partial charge in [-0.1, -0.05) is 41.6 Å². The van der Waals surface area contributed by atoms with Crippen molar-refractivity contribution in [2.75, 3.05) is 33.2 Å². The number of likely N-dealkylation sites (N-methyl/N-ethyl adjacent to an activating group) is 1. The zero-order valence-electron chi connectivity index (χ0n) is 13.0. The van der Waals surface area contributed by atoms with Crippen molar-refractivity contribution in [2.45, 2.75) is 16.0 Å². The van der Waals surface area contributed by atoms with Crippen LogP contribution in [0.5, 0.6) is 5.75 Å². The molecule has 1 fully saturated rings. The van der Waals surface area contributed by atoms with Crippen LogP contribution < -0.4 is 4.74 Å². The summed E-state index contributed by atoms with van der Waals surface area (Å²) in [5, 5.41) is 0.715. The summed E-state index contributed by atoms with van der Waals surface area (Å²) in [7, 11) is 2.17. The van der Waals surface area contributed by atoms with Crippen LogP contribution in [-0.2, 0) is 0 Å². The second-order valence-electron chi connectivity index (χ2n) is 6.04. The molecule has 0 bridgehead atoms. The summed E-state index contributed by atoms with van der Waals surface area (Å²) < 4.78 is 6.44. The monoisotopic (exact) mass is 346 g/mol. The maximum absolute atomic E-state index is 6.44. The topological polar surface area (TPSA) is 15.7 Å². The predicted octanol–water partition coefficient (Wildman–Crippen LogP) is 4.13. The van der Waals surface area contributed by atoms with Gasteiger partial charge in [-0.2, -0.15) is 0 Å². The van der Waals surface area contributed by atoms with Gasteiger partial charge in [0.2, 0.25) is 0 Å². The molecule has 0 aliphatic carbocycles. The molecule has 23 heavy (non-hydrogen) atoms. The molecule has 0 N–H and O–H groups in total. The first-order chi connectivity index (χ1) is 11.2. The minimum Gasteiger partial charge on any atom is -0.470 e. The van der Waals surface area contributed by atoms with Crippen LogP contribution in [0.25, 0.3) is 0 Å². The van der Waals surface area contributed by atoms with Crippen molar-refractivity contribution in [2.24, 2.45) is 0 Å². The van der Waals surface area contributed by atoms with Crippen LogP contribution in [0.3, 0.4) is 0 Å². The maximum Gasteiger partial charge on any atom is 0.180 e. The molecule has 0 spiro atoms. The Morgan fingerprint density at radius 1 is 1.04 bits per heavy atom. The summed E-state index contributed by atoms with van der Waals surface area (Å²) in [5.74, 6) is 0.877. The van der Waals surface area contributed by atoms with E-state index in [1.807, 2.05) is 18.2 Å². The van der Waals surface area contributed by atoms with Crippen molar-refractivity contribution in [1.82, 2.24) is 9.80 Å². The highest BCUT2D eigenvalue weighted by atomic mass is 35.5. The minimum absolute atomic E-state index is 0.0490. The minimum atomic E-state index is -0.0490. The van der Waals surface area contributed by atoms with Gasteiger partial charge in [-0.3, -0.25) is 4.90 Å². The van der Waals surface area contributed by atoms with Gasteiger partial charge in [-0.05, 0) is 25.2 Å². The van der Waals surface area contributed by atoms with E-state index in [0.717, 1.165) is 36.8 Å². The Hall–Kier alpha value is -1.20. The molecule has 0 amide bonds. The summed E-state index contributed by atoms with van der Waals surface area (Å²) in [4.78, 5) is 7.17. The summed E-state index contributed by atoms with van der Waals surface area (Å²) in [6.45, 7) is 4.15. The van der Waals surface area contributed by atoms with Crippen LogP contribution >= 0.6 is 23.4 Å². The molecule has 3 nitrogen and oxygen atoms in total. The average Bonchev–Trinajstić information content (AvgIpc) is 2.72. The normalized spacial score (nSPS) is 21.9. The van der Waals surface area contributed by atoms with Crippen molar-refractivity contribution in [3.8, 4) is 5.75 Å². The molecule has 2 heterocycles. The quantitative estimate of drug-likeness (QED) is 0.771. The molecule has 2 aromatic carbocycles. The fourth-order valence-electron chi connectivity index (χ4n) is 3.07. The lowest BCUT2D eigenvalue weighted by Gasteiger charge is -2.37. The van der Waals surface area contributed by atoms with Crippen LogP contribution in [0, 0.1) is 0 Å². The van der Waals surface area contributed by atoms with E-state index in [9.17, 15) is 0 Å². The van der Waals surface area contributed by atoms with Crippen molar-refractivity contribution in [1.29, 1.82) is 0 Å². The highest BCUT2D eigenvalue weighted by molar-refractivity contribution is 7.99. The molecule has 0 radical (unpaired) electrons. The molecule has 0 saturated carbocycles. The first-order valence-electron chi connectivity index (χ1n) is 7.86. The fourth-order valence-corrected chi connectivity index (χ4v) is 4.24. The Balaban J connectivity index is 1.74. The molecule has 4 rings (SSSR count). The standard InChI is InChI=1S/C18H19ClN2OS/c1-20-8-10-21(11-9-20)18-14-4-2-3-5-16(14)23-17-7-6-13(19)12-15(17)22-18/h2-7,12,18H,8-11H2,1H3. The molecule has 1 saturated heterocycles. The third-order valence-electron chi connectivity index (χ3n) is 4.42. The number of rotatable bonds is 1. The lowest BCUT2D eigenvalue weighted by Crippen LogP contribution is -2.47. The number of benzene rings is 2. The molecule has 1 unspecified atom stereocenters. The van der Waals surface area contributed by atoms with E-state index in [-0.39, 0.29) is 6.23 Å². The smallest absolute Gasteiger partial charge is 0.180 e. The van der Waals surface area contributed by atoms with Gasteiger partial charge >= 0.3 is 0 Å². The molecule has 2 aliphatic rings. The third-order valence-corrected chi connectivity index (χ3v) is 5.80. The molecule has 2 aliphatic heterocycles. The maximum atomic E-state index is 6.44. The summed E-state index contributed by atoms with van der Waals surface area (Å²) in [6, 6.07) is 14.4. The van der Waals surface area contributed by atoms with Crippen LogP contribution in [0.1, 0.15) is 11.8 Å². The first kappa shape index (κ1) is 15.3. The lowest BCUT2D eigenvalue weighted by molar-refractivity contribution is -0.00755. The Kier molecular flexibility index (Phi) is 4.24. The molecular weight excluding hydrogens is 328 g/mol. The van der Waals surface area contributed by atoms with Gasteiger partial charge in [0.25, 0.3) is 0 Å². The zero-order valence-corrected chi connectivity index (χ0v) is 14.6. The molecule has 5 heteroatoms. The highest BCUT2D eigenvalue weighted by Crippen LogP contribution is 2.45. The Labute approximate surface area is 146 Å². The Morgan fingerprint density at radius 3 is 2.65 bits per heavy atom. The largest absolute Gasteiger partial charge is 0.470 e. The van der Waals surface area contributed by atoms with Gasteiger partial charge in [0.15, 0.2) is 6.23 Å². The van der Waals surface area contributed by atoms with Crippen LogP contribution in [-0.4, -0.2) is 43.0 Å². The SMILES string of the molecule is CN1CCN(C2Oc3cc(Cl)ccc3Sc3ccccc32)CC1. The van der Waals surface area contributed by atoms with Crippen molar-refractivity contribution < 1.29 is 4.74 Å². The van der Waals surface area contributed by atoms with Gasteiger partial charge in [-0.15, -0.1) is 0 Å². The highest BCUT2D eigenvalue weighted by Gasteiger charge is 2.30. The number of fused-ring (bicyclic) bond motifs is 2. The summed E-state index contributed by atoms with van der Waals surface area (Å²) in [5.41, 5.74) is 1.24. The van der Waals surface area contributed by atoms with E-state index in [1.165, 1.54) is 10.5 Å². The summed E-state index contributed by atoms with van der Waals surface area (Å²) >= 11 is 7.94. The third kappa shape index (κ3) is 3.09. The van der Waals surface area contributed by atoms with Gasteiger partial charge in [-0.25, -0.2) is 0 Å². The van der Waals surface area contributed by atoms with Gasteiger partial charge in [0.05, 0.1) is 4.90 Å². The Bertz CT molecular complexity index is 716. The van der Waals surface area contributed by atoms with E-state index < -0.39 is 0 Å². The predicted molar refractivity (Wildman–Crippen MR) is 94.5 cm³/mol. The second kappa shape index (κ2) is 6.36. The average molecular weight is 347 g/mol. The number of hydrogen-bond donors (Lipinski definition) is 0. The number of ether oxygens (including phenoxy) is 1. The van der Waals surface area contributed by atoms with Crippen LogP contribution in [0.2, 0.25) is 5.02 Å². The summed E-state index contributed by atoms with van der Waals surface area (Å²) in [6.07, 6.45) is -0.0490. The molecule has 2 aromatic rings. The second-order valence-corrected chi connectivity index (χ2v) is 7.56. The number of nitrogens with zero attached hydrogens (tertiary/aromatic N) is 2. The van der Waals surface area contributed by atoms with Crippen molar-refractivity contribution in [3.05, 3.63) is 53.1 Å². The van der Waals surface area contributed by atoms with E-state index in [0.29, 0.717) is 5.02 Å². The molecule has 1 atom stereocenters. The van der Waals surface area contributed by atoms with Gasteiger partial charge in [0.1, 0.15) is 5.75 Å². The van der Waals surface area contributed by atoms with Gasteiger partial charge in [0, 0.05) is 47.7 Å². The number of piperazine rings is 1.